The number of piperidine rings is 1. The number of quaternary nitrogens is 1. The molecule has 2 fully saturated rings. The predicted octanol–water partition coefficient (Wildman–Crippen LogP) is -0.439. The van der Waals surface area contributed by atoms with E-state index in [0.29, 0.717) is 17.7 Å². The van der Waals surface area contributed by atoms with Gasteiger partial charge in [-0.15, -0.1) is 0 Å². The topological polar surface area (TPSA) is 17.1 Å². The molecular weight excluding hydrogens is 246 g/mol. The maximum Gasteiger partial charge on any atom is 0.187 e. The highest BCUT2D eigenvalue weighted by Crippen LogP contribution is 2.40. The van der Waals surface area contributed by atoms with Gasteiger partial charge in [-0.25, -0.2) is 0 Å². The first-order valence-corrected chi connectivity index (χ1v) is 6.62. The molecule has 3 heteroatoms. The Morgan fingerprint density at radius 2 is 2.00 bits per heavy atom. The number of rotatable bonds is 2. The summed E-state index contributed by atoms with van der Waals surface area (Å²) in [5.41, 5.74) is 1.38. The molecule has 2 nitrogen and oxygen atoms in total. The van der Waals surface area contributed by atoms with Gasteiger partial charge in [0, 0.05) is 24.3 Å². The summed E-state index contributed by atoms with van der Waals surface area (Å²) < 4.78 is 1.01. The molecule has 1 aromatic carbocycles. The van der Waals surface area contributed by atoms with Gasteiger partial charge in [0.25, 0.3) is 0 Å². The first kappa shape index (κ1) is 13.6. The van der Waals surface area contributed by atoms with Crippen LogP contribution in [-0.2, 0) is 4.79 Å². The molecule has 0 amide bonds. The molecule has 1 aromatic rings. The fourth-order valence-corrected chi connectivity index (χ4v) is 3.72. The summed E-state index contributed by atoms with van der Waals surface area (Å²) in [6.45, 7) is 5.44. The number of halogens is 1. The third-order valence-corrected chi connectivity index (χ3v) is 4.72. The van der Waals surface area contributed by atoms with E-state index in [0.717, 1.165) is 17.4 Å². The summed E-state index contributed by atoms with van der Waals surface area (Å²) in [6, 6.07) is 11.1. The molecule has 0 radical (unpaired) electrons. The second-order valence-electron chi connectivity index (χ2n) is 5.77. The van der Waals surface area contributed by atoms with Crippen LogP contribution in [0.3, 0.4) is 0 Å². The molecule has 2 aliphatic heterocycles. The van der Waals surface area contributed by atoms with E-state index in [-0.39, 0.29) is 12.4 Å². The van der Waals surface area contributed by atoms with Gasteiger partial charge in [0.2, 0.25) is 0 Å². The van der Waals surface area contributed by atoms with Gasteiger partial charge < -0.3 is 16.9 Å². The number of nitrogens with zero attached hydrogens (tertiary/aromatic N) is 1. The standard InChI is InChI=1S/C15H20NO.ClH/c1-12(14-5-3-2-4-6-14)16-8-7-13(10-16)9-15(17)11-16;/h2-6,12-13H,7-11H2,1H3;1H/q+1;/p-1/t12-,13?,16?;/m0./s1. The van der Waals surface area contributed by atoms with Gasteiger partial charge in [0.05, 0.1) is 13.1 Å². The zero-order chi connectivity index (χ0) is 11.9. The van der Waals surface area contributed by atoms with Crippen molar-refractivity contribution in [3.05, 3.63) is 35.9 Å². The molecule has 0 saturated carbocycles. The van der Waals surface area contributed by atoms with Gasteiger partial charge in [-0.1, -0.05) is 30.3 Å². The average molecular weight is 266 g/mol. The van der Waals surface area contributed by atoms with E-state index in [1.54, 1.807) is 0 Å². The van der Waals surface area contributed by atoms with Crippen LogP contribution >= 0.6 is 0 Å². The second-order valence-corrected chi connectivity index (χ2v) is 5.77. The number of ketones is 1. The second kappa shape index (κ2) is 5.02. The van der Waals surface area contributed by atoms with Crippen LogP contribution in [0.15, 0.2) is 30.3 Å². The molecule has 2 unspecified atom stereocenters. The van der Waals surface area contributed by atoms with Crippen molar-refractivity contribution in [2.75, 3.05) is 19.6 Å². The molecule has 0 spiro atoms. The highest BCUT2D eigenvalue weighted by molar-refractivity contribution is 5.80. The minimum absolute atomic E-state index is 0. The van der Waals surface area contributed by atoms with E-state index in [2.05, 4.69) is 37.3 Å². The first-order valence-electron chi connectivity index (χ1n) is 6.62. The summed E-state index contributed by atoms with van der Waals surface area (Å²) in [6.07, 6.45) is 2.07. The van der Waals surface area contributed by atoms with E-state index in [1.807, 2.05) is 0 Å². The fourth-order valence-electron chi connectivity index (χ4n) is 3.72. The van der Waals surface area contributed by atoms with Gasteiger partial charge in [-0.3, -0.25) is 4.79 Å². The molecule has 98 valence electrons. The molecule has 2 aliphatic rings. The maximum atomic E-state index is 11.8. The average Bonchev–Trinajstić information content (AvgIpc) is 2.66. The van der Waals surface area contributed by atoms with Gasteiger partial charge >= 0.3 is 0 Å². The van der Waals surface area contributed by atoms with E-state index < -0.39 is 0 Å². The van der Waals surface area contributed by atoms with Crippen molar-refractivity contribution >= 4 is 5.78 Å². The SMILES string of the molecule is C[C@@H](c1ccccc1)[N+]12CCC(CC(=O)C1)C2.[Cl-]. The van der Waals surface area contributed by atoms with Gasteiger partial charge in [0.15, 0.2) is 5.78 Å². The van der Waals surface area contributed by atoms with E-state index >= 15 is 0 Å². The Bertz CT molecular complexity index is 433. The van der Waals surface area contributed by atoms with E-state index in [1.165, 1.54) is 25.1 Å². The Balaban J connectivity index is 0.00000120. The molecule has 2 saturated heterocycles. The Morgan fingerprint density at radius 1 is 1.28 bits per heavy atom. The zero-order valence-electron chi connectivity index (χ0n) is 10.8. The van der Waals surface area contributed by atoms with Crippen LogP contribution in [0.25, 0.3) is 0 Å². The number of hydrogen-bond acceptors (Lipinski definition) is 1. The smallest absolute Gasteiger partial charge is 0.187 e. The van der Waals surface area contributed by atoms with Crippen molar-refractivity contribution in [1.29, 1.82) is 0 Å². The van der Waals surface area contributed by atoms with Crippen molar-refractivity contribution in [2.45, 2.75) is 25.8 Å². The number of carbonyl (C=O) groups excluding carboxylic acids is 1. The molecule has 2 heterocycles. The quantitative estimate of drug-likeness (QED) is 0.663. The Morgan fingerprint density at radius 3 is 2.72 bits per heavy atom. The molecule has 18 heavy (non-hydrogen) atoms. The molecule has 0 aromatic heterocycles. The van der Waals surface area contributed by atoms with Gasteiger partial charge in [-0.05, 0) is 6.92 Å². The molecule has 3 atom stereocenters. The van der Waals surface area contributed by atoms with Crippen LogP contribution in [-0.4, -0.2) is 29.9 Å². The lowest BCUT2D eigenvalue weighted by Gasteiger charge is -2.42. The largest absolute Gasteiger partial charge is 1.00 e. The van der Waals surface area contributed by atoms with Crippen LogP contribution in [0.1, 0.15) is 31.4 Å². The number of hydrogen-bond donors (Lipinski definition) is 0. The van der Waals surface area contributed by atoms with Crippen LogP contribution in [0.2, 0.25) is 0 Å². The van der Waals surface area contributed by atoms with Crippen molar-refractivity contribution in [2.24, 2.45) is 5.92 Å². The van der Waals surface area contributed by atoms with E-state index in [4.69, 9.17) is 0 Å². The van der Waals surface area contributed by atoms with Crippen molar-refractivity contribution in [1.82, 2.24) is 0 Å². The van der Waals surface area contributed by atoms with Gasteiger partial charge in [-0.2, -0.15) is 0 Å². The van der Waals surface area contributed by atoms with Crippen LogP contribution in [0.4, 0.5) is 0 Å². The number of fused-ring (bicyclic) bond motifs is 2. The lowest BCUT2D eigenvalue weighted by molar-refractivity contribution is -0.940. The summed E-state index contributed by atoms with van der Waals surface area (Å²) in [7, 11) is 0. The summed E-state index contributed by atoms with van der Waals surface area (Å²) in [4.78, 5) is 11.8. The Labute approximate surface area is 115 Å². The van der Waals surface area contributed by atoms with Gasteiger partial charge in [0.1, 0.15) is 12.6 Å². The Hall–Kier alpha value is -0.860. The number of benzene rings is 1. The van der Waals surface area contributed by atoms with Crippen LogP contribution < -0.4 is 12.4 Å². The third kappa shape index (κ3) is 2.19. The molecule has 2 bridgehead atoms. The Kier molecular flexibility index (Phi) is 3.79. The van der Waals surface area contributed by atoms with Crippen LogP contribution in [0.5, 0.6) is 0 Å². The number of Topliss-reactive ketones (excluding diaryl/α,β-unsaturated/α-hetero) is 1. The summed E-state index contributed by atoms with van der Waals surface area (Å²) >= 11 is 0. The minimum Gasteiger partial charge on any atom is -1.00 e. The fraction of sp³-hybridized carbons (Fsp3) is 0.533. The zero-order valence-corrected chi connectivity index (χ0v) is 11.6. The lowest BCUT2D eigenvalue weighted by atomic mass is 9.96. The molecule has 3 rings (SSSR count). The highest BCUT2D eigenvalue weighted by Gasteiger charge is 2.48. The minimum atomic E-state index is 0. The third-order valence-electron chi connectivity index (χ3n) is 4.72. The van der Waals surface area contributed by atoms with Crippen LogP contribution in [0, 0.1) is 5.92 Å². The van der Waals surface area contributed by atoms with Crippen molar-refractivity contribution in [3.8, 4) is 0 Å². The molecule has 0 N–H and O–H groups in total. The molecular formula is C15H20ClNO. The summed E-state index contributed by atoms with van der Waals surface area (Å²) in [5, 5.41) is 0. The lowest BCUT2D eigenvalue weighted by Crippen LogP contribution is -3.00. The molecule has 0 aliphatic carbocycles. The first-order chi connectivity index (χ1) is 8.20. The summed E-state index contributed by atoms with van der Waals surface area (Å²) in [5.74, 6) is 1.13. The van der Waals surface area contributed by atoms with Crippen molar-refractivity contribution in [3.63, 3.8) is 0 Å². The van der Waals surface area contributed by atoms with Crippen molar-refractivity contribution < 1.29 is 21.7 Å². The number of carbonyl (C=O) groups is 1. The maximum absolute atomic E-state index is 11.8. The van der Waals surface area contributed by atoms with E-state index in [9.17, 15) is 4.79 Å². The predicted molar refractivity (Wildman–Crippen MR) is 67.4 cm³/mol. The normalized spacial score (nSPS) is 31.8. The monoisotopic (exact) mass is 265 g/mol. The highest BCUT2D eigenvalue weighted by atomic mass is 35.5.